The summed E-state index contributed by atoms with van der Waals surface area (Å²) in [4.78, 5) is 36.9. The van der Waals surface area contributed by atoms with Gasteiger partial charge in [-0.15, -0.1) is 0 Å². The van der Waals surface area contributed by atoms with Crippen molar-refractivity contribution in [3.8, 4) is 5.69 Å². The molecular weight excluding hydrogens is 317 g/mol. The SMILES string of the molecule is NC(=O)c1cn(C2CCOCC2)c(=O)n(-c2ccc(F)cc2)c1=O. The van der Waals surface area contributed by atoms with Crippen molar-refractivity contribution in [1.29, 1.82) is 0 Å². The molecule has 3 rings (SSSR count). The standard InChI is InChI=1S/C16H16FN3O4/c17-10-1-3-12(4-2-10)20-15(22)13(14(18)21)9-19(16(20)23)11-5-7-24-8-6-11/h1-4,9,11H,5-8H2,(H2,18,21). The average molecular weight is 333 g/mol. The predicted molar refractivity (Wildman–Crippen MR) is 83.9 cm³/mol. The zero-order valence-corrected chi connectivity index (χ0v) is 12.8. The van der Waals surface area contributed by atoms with E-state index in [1.54, 1.807) is 0 Å². The van der Waals surface area contributed by atoms with Gasteiger partial charge in [-0.05, 0) is 37.1 Å². The molecule has 2 N–H and O–H groups in total. The second kappa shape index (κ2) is 6.40. The first kappa shape index (κ1) is 16.1. The van der Waals surface area contributed by atoms with Gasteiger partial charge in [-0.3, -0.25) is 14.2 Å². The van der Waals surface area contributed by atoms with Crippen LogP contribution in [-0.2, 0) is 4.74 Å². The van der Waals surface area contributed by atoms with Crippen LogP contribution in [0.5, 0.6) is 0 Å². The Kier molecular flexibility index (Phi) is 4.30. The second-order valence-corrected chi connectivity index (χ2v) is 5.56. The van der Waals surface area contributed by atoms with Crippen molar-refractivity contribution in [2.24, 2.45) is 5.73 Å². The van der Waals surface area contributed by atoms with Crippen LogP contribution in [-0.4, -0.2) is 28.3 Å². The molecule has 0 unspecified atom stereocenters. The van der Waals surface area contributed by atoms with Gasteiger partial charge in [0.1, 0.15) is 11.4 Å². The molecule has 126 valence electrons. The normalized spacial score (nSPS) is 15.4. The van der Waals surface area contributed by atoms with Gasteiger partial charge in [0.2, 0.25) is 0 Å². The minimum atomic E-state index is -0.920. The number of ether oxygens (including phenoxy) is 1. The van der Waals surface area contributed by atoms with Crippen LogP contribution in [0, 0.1) is 5.82 Å². The van der Waals surface area contributed by atoms with Gasteiger partial charge in [-0.1, -0.05) is 0 Å². The Labute approximate surface area is 136 Å². The van der Waals surface area contributed by atoms with E-state index in [9.17, 15) is 18.8 Å². The van der Waals surface area contributed by atoms with Gasteiger partial charge in [0.15, 0.2) is 0 Å². The molecule has 0 saturated carbocycles. The van der Waals surface area contributed by atoms with Crippen molar-refractivity contribution in [2.45, 2.75) is 18.9 Å². The maximum Gasteiger partial charge on any atom is 0.335 e. The first-order chi connectivity index (χ1) is 11.5. The molecule has 24 heavy (non-hydrogen) atoms. The first-order valence-electron chi connectivity index (χ1n) is 7.50. The number of carbonyl (C=O) groups is 1. The van der Waals surface area contributed by atoms with Crippen LogP contribution in [0.15, 0.2) is 40.1 Å². The number of hydrogen-bond acceptors (Lipinski definition) is 4. The maximum absolute atomic E-state index is 13.1. The Bertz CT molecular complexity index is 880. The Hall–Kier alpha value is -2.74. The highest BCUT2D eigenvalue weighted by Crippen LogP contribution is 2.19. The Morgan fingerprint density at radius 2 is 1.79 bits per heavy atom. The Balaban J connectivity index is 2.25. The van der Waals surface area contributed by atoms with Crippen LogP contribution in [0.4, 0.5) is 4.39 Å². The van der Waals surface area contributed by atoms with Crippen molar-refractivity contribution >= 4 is 5.91 Å². The minimum absolute atomic E-state index is 0.176. The van der Waals surface area contributed by atoms with Gasteiger partial charge in [-0.2, -0.15) is 0 Å². The number of amides is 1. The fourth-order valence-corrected chi connectivity index (χ4v) is 2.78. The number of nitrogens with zero attached hydrogens (tertiary/aromatic N) is 2. The van der Waals surface area contributed by atoms with Crippen LogP contribution in [0.1, 0.15) is 29.2 Å². The van der Waals surface area contributed by atoms with Gasteiger partial charge in [0, 0.05) is 25.5 Å². The van der Waals surface area contributed by atoms with Crippen molar-refractivity contribution < 1.29 is 13.9 Å². The van der Waals surface area contributed by atoms with E-state index in [4.69, 9.17) is 10.5 Å². The molecule has 8 heteroatoms. The molecule has 1 fully saturated rings. The summed E-state index contributed by atoms with van der Waals surface area (Å²) in [6.07, 6.45) is 2.38. The van der Waals surface area contributed by atoms with Crippen LogP contribution >= 0.6 is 0 Å². The van der Waals surface area contributed by atoms with E-state index in [0.717, 1.165) is 16.7 Å². The second-order valence-electron chi connectivity index (χ2n) is 5.56. The molecule has 1 aliphatic rings. The van der Waals surface area contributed by atoms with Crippen LogP contribution in [0.25, 0.3) is 5.69 Å². The van der Waals surface area contributed by atoms with E-state index in [0.29, 0.717) is 26.1 Å². The predicted octanol–water partition coefficient (Wildman–Crippen LogP) is 0.589. The lowest BCUT2D eigenvalue weighted by molar-refractivity contribution is 0.0679. The van der Waals surface area contributed by atoms with Crippen molar-refractivity contribution in [3.05, 3.63) is 62.7 Å². The molecule has 7 nitrogen and oxygen atoms in total. The number of nitrogens with two attached hydrogens (primary N) is 1. The summed E-state index contributed by atoms with van der Waals surface area (Å²) in [6.45, 7) is 0.970. The van der Waals surface area contributed by atoms with E-state index < -0.39 is 23.0 Å². The molecule has 2 aromatic rings. The topological polar surface area (TPSA) is 96.3 Å². The summed E-state index contributed by atoms with van der Waals surface area (Å²) in [5, 5.41) is 0. The lowest BCUT2D eigenvalue weighted by Crippen LogP contribution is -2.44. The summed E-state index contributed by atoms with van der Waals surface area (Å²) in [5.41, 5.74) is 3.76. The zero-order valence-electron chi connectivity index (χ0n) is 12.8. The first-order valence-corrected chi connectivity index (χ1v) is 7.50. The molecule has 1 aromatic heterocycles. The fourth-order valence-electron chi connectivity index (χ4n) is 2.78. The number of benzene rings is 1. The largest absolute Gasteiger partial charge is 0.381 e. The molecule has 2 heterocycles. The lowest BCUT2D eigenvalue weighted by Gasteiger charge is -2.25. The van der Waals surface area contributed by atoms with Gasteiger partial charge in [0.25, 0.3) is 11.5 Å². The van der Waals surface area contributed by atoms with E-state index >= 15 is 0 Å². The zero-order chi connectivity index (χ0) is 17.3. The number of rotatable bonds is 3. The molecule has 0 atom stereocenters. The Morgan fingerprint density at radius 3 is 2.38 bits per heavy atom. The lowest BCUT2D eigenvalue weighted by atomic mass is 10.1. The smallest absolute Gasteiger partial charge is 0.335 e. The third-order valence-corrected chi connectivity index (χ3v) is 4.05. The highest BCUT2D eigenvalue weighted by molar-refractivity contribution is 5.92. The quantitative estimate of drug-likeness (QED) is 0.889. The van der Waals surface area contributed by atoms with E-state index in [1.807, 2.05) is 0 Å². The average Bonchev–Trinajstić information content (AvgIpc) is 2.57. The van der Waals surface area contributed by atoms with E-state index in [2.05, 4.69) is 0 Å². The number of hydrogen-bond donors (Lipinski definition) is 1. The summed E-state index contributed by atoms with van der Waals surface area (Å²) in [7, 11) is 0. The van der Waals surface area contributed by atoms with Crippen molar-refractivity contribution in [1.82, 2.24) is 9.13 Å². The molecule has 1 aliphatic heterocycles. The molecule has 0 radical (unpaired) electrons. The Morgan fingerprint density at radius 1 is 1.17 bits per heavy atom. The van der Waals surface area contributed by atoms with Gasteiger partial charge in [0.05, 0.1) is 5.69 Å². The fraction of sp³-hybridized carbons (Fsp3) is 0.312. The van der Waals surface area contributed by atoms with Gasteiger partial charge >= 0.3 is 5.69 Å². The van der Waals surface area contributed by atoms with Crippen LogP contribution in [0.2, 0.25) is 0 Å². The molecule has 1 aromatic carbocycles. The maximum atomic E-state index is 13.1. The van der Waals surface area contributed by atoms with Crippen molar-refractivity contribution in [3.63, 3.8) is 0 Å². The highest BCUT2D eigenvalue weighted by Gasteiger charge is 2.22. The molecule has 0 bridgehead atoms. The third kappa shape index (κ3) is 2.88. The molecular formula is C16H16FN3O4. The number of aromatic nitrogens is 2. The molecule has 0 aliphatic carbocycles. The van der Waals surface area contributed by atoms with Crippen LogP contribution < -0.4 is 17.0 Å². The highest BCUT2D eigenvalue weighted by atomic mass is 19.1. The summed E-state index contributed by atoms with van der Waals surface area (Å²) < 4.78 is 20.6. The molecule has 1 saturated heterocycles. The molecule has 0 spiro atoms. The summed E-state index contributed by atoms with van der Waals surface area (Å²) in [6, 6.07) is 4.68. The molecule has 1 amide bonds. The minimum Gasteiger partial charge on any atom is -0.381 e. The van der Waals surface area contributed by atoms with Crippen LogP contribution in [0.3, 0.4) is 0 Å². The van der Waals surface area contributed by atoms with E-state index in [1.165, 1.54) is 22.9 Å². The third-order valence-electron chi connectivity index (χ3n) is 4.05. The monoisotopic (exact) mass is 333 g/mol. The summed E-state index contributed by atoms with van der Waals surface area (Å²) in [5.74, 6) is -1.42. The van der Waals surface area contributed by atoms with Gasteiger partial charge < -0.3 is 10.5 Å². The van der Waals surface area contributed by atoms with Crippen molar-refractivity contribution in [2.75, 3.05) is 13.2 Å². The van der Waals surface area contributed by atoms with E-state index in [-0.39, 0.29) is 17.3 Å². The number of halogens is 1. The van der Waals surface area contributed by atoms with Gasteiger partial charge in [-0.25, -0.2) is 13.8 Å². The summed E-state index contributed by atoms with van der Waals surface area (Å²) >= 11 is 0. The number of primary amides is 1. The number of carbonyl (C=O) groups excluding carboxylic acids is 1.